The minimum Gasteiger partial charge on any atom is -0.277 e. The molecule has 2 heterocycles. The van der Waals surface area contributed by atoms with Crippen molar-refractivity contribution in [2.24, 2.45) is 5.10 Å². The third-order valence-electron chi connectivity index (χ3n) is 3.18. The Morgan fingerprint density at radius 3 is 3.00 bits per heavy atom. The number of hydrogen-bond acceptors (Lipinski definition) is 3. The standard InChI is InChI=1S/C14H9N3/c1-2-9-4-5-13-14(9)10(3-1)11-8-15-7-6-12(11)16-17-13/h1-8,17H. The Morgan fingerprint density at radius 1 is 1.00 bits per heavy atom. The molecule has 0 fully saturated rings. The van der Waals surface area contributed by atoms with Crippen LogP contribution in [-0.4, -0.2) is 4.98 Å². The van der Waals surface area contributed by atoms with Crippen LogP contribution in [0.15, 0.2) is 47.8 Å². The average molecular weight is 219 g/mol. The van der Waals surface area contributed by atoms with E-state index in [1.54, 1.807) is 6.20 Å². The van der Waals surface area contributed by atoms with Gasteiger partial charge in [-0.2, -0.15) is 5.10 Å². The summed E-state index contributed by atoms with van der Waals surface area (Å²) >= 11 is 0. The van der Waals surface area contributed by atoms with Crippen LogP contribution >= 0.6 is 0 Å². The van der Waals surface area contributed by atoms with Crippen molar-refractivity contribution in [2.75, 3.05) is 0 Å². The summed E-state index contributed by atoms with van der Waals surface area (Å²) < 4.78 is 0. The van der Waals surface area contributed by atoms with Gasteiger partial charge < -0.3 is 0 Å². The highest BCUT2D eigenvalue weighted by atomic mass is 15.3. The van der Waals surface area contributed by atoms with Crippen LogP contribution in [0.25, 0.3) is 11.8 Å². The van der Waals surface area contributed by atoms with Crippen molar-refractivity contribution in [1.82, 2.24) is 10.4 Å². The third-order valence-corrected chi connectivity index (χ3v) is 3.18. The van der Waals surface area contributed by atoms with Gasteiger partial charge in [-0.3, -0.25) is 10.4 Å². The van der Waals surface area contributed by atoms with E-state index in [-0.39, 0.29) is 0 Å². The summed E-state index contributed by atoms with van der Waals surface area (Å²) in [5, 5.41) is 8.84. The van der Waals surface area contributed by atoms with Gasteiger partial charge in [0.2, 0.25) is 0 Å². The zero-order valence-corrected chi connectivity index (χ0v) is 9.01. The molecule has 0 spiro atoms. The highest BCUT2D eigenvalue weighted by Crippen LogP contribution is 2.09. The molecule has 1 N–H and O–H groups in total. The van der Waals surface area contributed by atoms with Crippen LogP contribution in [0, 0.1) is 10.4 Å². The molecule has 1 aliphatic heterocycles. The molecule has 0 radical (unpaired) electrons. The molecule has 0 bridgehead atoms. The number of aromatic nitrogens is 1. The Balaban J connectivity index is 2.45. The Hall–Kier alpha value is -2.42. The van der Waals surface area contributed by atoms with E-state index in [1.165, 1.54) is 16.0 Å². The predicted molar refractivity (Wildman–Crippen MR) is 64.7 cm³/mol. The Bertz CT molecular complexity index is 863. The van der Waals surface area contributed by atoms with Gasteiger partial charge in [-0.15, -0.1) is 0 Å². The van der Waals surface area contributed by atoms with E-state index in [0.29, 0.717) is 0 Å². The van der Waals surface area contributed by atoms with Gasteiger partial charge in [-0.1, -0.05) is 24.3 Å². The van der Waals surface area contributed by atoms with Crippen molar-refractivity contribution in [2.45, 2.75) is 0 Å². The van der Waals surface area contributed by atoms with E-state index in [4.69, 9.17) is 0 Å². The molecule has 0 amide bonds. The molecular weight excluding hydrogens is 210 g/mol. The minimum atomic E-state index is 0.934. The fourth-order valence-electron chi connectivity index (χ4n) is 2.40. The molecule has 3 heteroatoms. The molecule has 0 unspecified atom stereocenters. The molecule has 0 saturated carbocycles. The van der Waals surface area contributed by atoms with Crippen molar-refractivity contribution >= 4 is 11.8 Å². The number of pyridine rings is 1. The molecule has 80 valence electrons. The fourth-order valence-corrected chi connectivity index (χ4v) is 2.40. The van der Waals surface area contributed by atoms with Gasteiger partial charge in [0.1, 0.15) is 0 Å². The lowest BCUT2D eigenvalue weighted by Crippen LogP contribution is -2.14. The molecule has 1 aromatic heterocycles. The topological polar surface area (TPSA) is 37.3 Å². The lowest BCUT2D eigenvalue weighted by atomic mass is 10.1. The van der Waals surface area contributed by atoms with Crippen LogP contribution < -0.4 is 16.0 Å². The first-order valence-corrected chi connectivity index (χ1v) is 5.53. The van der Waals surface area contributed by atoms with Crippen molar-refractivity contribution in [3.05, 3.63) is 69.3 Å². The van der Waals surface area contributed by atoms with Gasteiger partial charge in [-0.05, 0) is 22.9 Å². The first-order valence-electron chi connectivity index (χ1n) is 5.53. The molecule has 3 nitrogen and oxygen atoms in total. The molecule has 0 atom stereocenters. The SMILES string of the molecule is C1=Cc2cccc3c2=C1NN=c1ccncc1=3. The normalized spacial score (nSPS) is 14.5. The van der Waals surface area contributed by atoms with Crippen molar-refractivity contribution in [3.63, 3.8) is 0 Å². The second-order valence-electron chi connectivity index (χ2n) is 4.13. The van der Waals surface area contributed by atoms with Crippen LogP contribution in [0.3, 0.4) is 0 Å². The summed E-state index contributed by atoms with van der Waals surface area (Å²) in [5.74, 6) is 0. The number of benzene rings is 1. The minimum absolute atomic E-state index is 0.934. The lowest BCUT2D eigenvalue weighted by Gasteiger charge is -1.96. The second kappa shape index (κ2) is 3.04. The highest BCUT2D eigenvalue weighted by molar-refractivity contribution is 5.74. The smallest absolute Gasteiger partial charge is 0.0942 e. The van der Waals surface area contributed by atoms with E-state index in [0.717, 1.165) is 16.3 Å². The molecule has 0 saturated heterocycles. The first kappa shape index (κ1) is 8.70. The maximum absolute atomic E-state index is 4.41. The number of fused-ring (bicyclic) bond motifs is 1. The summed E-state index contributed by atoms with van der Waals surface area (Å²) in [5.41, 5.74) is 5.42. The number of hydrogen-bond donors (Lipinski definition) is 1. The van der Waals surface area contributed by atoms with Crippen LogP contribution in [0.1, 0.15) is 5.56 Å². The molecular formula is C14H9N3. The molecule has 2 aliphatic rings. The van der Waals surface area contributed by atoms with E-state index < -0.39 is 0 Å². The summed E-state index contributed by atoms with van der Waals surface area (Å²) in [4.78, 5) is 4.20. The van der Waals surface area contributed by atoms with Gasteiger partial charge >= 0.3 is 0 Å². The van der Waals surface area contributed by atoms with Gasteiger partial charge in [-0.25, -0.2) is 0 Å². The molecule has 4 rings (SSSR count). The van der Waals surface area contributed by atoms with Crippen LogP contribution in [0.5, 0.6) is 0 Å². The second-order valence-corrected chi connectivity index (χ2v) is 4.13. The van der Waals surface area contributed by atoms with Gasteiger partial charge in [0.05, 0.1) is 11.1 Å². The maximum Gasteiger partial charge on any atom is 0.0942 e. The molecule has 17 heavy (non-hydrogen) atoms. The molecule has 2 aromatic rings. The van der Waals surface area contributed by atoms with Gasteiger partial charge in [0.25, 0.3) is 0 Å². The summed E-state index contributed by atoms with van der Waals surface area (Å²) in [6, 6.07) is 8.23. The van der Waals surface area contributed by atoms with E-state index >= 15 is 0 Å². The number of nitrogens with one attached hydrogen (secondary N) is 1. The first-order chi connectivity index (χ1) is 8.43. The third kappa shape index (κ3) is 1.11. The number of nitrogens with zero attached hydrogens (tertiary/aromatic N) is 2. The zero-order chi connectivity index (χ0) is 11.2. The largest absolute Gasteiger partial charge is 0.277 e. The zero-order valence-electron chi connectivity index (χ0n) is 9.01. The van der Waals surface area contributed by atoms with Crippen molar-refractivity contribution < 1.29 is 0 Å². The monoisotopic (exact) mass is 219 g/mol. The van der Waals surface area contributed by atoms with Crippen molar-refractivity contribution in [3.8, 4) is 0 Å². The Kier molecular flexibility index (Phi) is 1.56. The quantitative estimate of drug-likeness (QED) is 0.706. The fraction of sp³-hybridized carbons (Fsp3) is 0. The van der Waals surface area contributed by atoms with Gasteiger partial charge in [0.15, 0.2) is 0 Å². The summed E-state index contributed by atoms with van der Waals surface area (Å²) in [6.45, 7) is 0. The summed E-state index contributed by atoms with van der Waals surface area (Å²) in [6.07, 6.45) is 7.81. The van der Waals surface area contributed by atoms with Crippen LogP contribution in [0.2, 0.25) is 0 Å². The summed E-state index contributed by atoms with van der Waals surface area (Å²) in [7, 11) is 0. The van der Waals surface area contributed by atoms with Crippen LogP contribution in [-0.2, 0) is 0 Å². The van der Waals surface area contributed by atoms with Crippen molar-refractivity contribution in [1.29, 1.82) is 0 Å². The molecule has 1 aromatic carbocycles. The Morgan fingerprint density at radius 2 is 2.00 bits per heavy atom. The predicted octanol–water partition coefficient (Wildman–Crippen LogP) is 0.641. The Labute approximate surface area is 97.1 Å². The average Bonchev–Trinajstić information content (AvgIpc) is 2.72. The van der Waals surface area contributed by atoms with Gasteiger partial charge in [0, 0.05) is 22.8 Å². The molecule has 1 aliphatic carbocycles. The van der Waals surface area contributed by atoms with E-state index in [2.05, 4.69) is 45.9 Å². The van der Waals surface area contributed by atoms with E-state index in [9.17, 15) is 0 Å². The van der Waals surface area contributed by atoms with E-state index in [1.807, 2.05) is 12.3 Å². The highest BCUT2D eigenvalue weighted by Gasteiger charge is 2.08. The maximum atomic E-state index is 4.41. The lowest BCUT2D eigenvalue weighted by molar-refractivity contribution is 0.938. The van der Waals surface area contributed by atoms with Crippen LogP contribution in [0.4, 0.5) is 0 Å². The number of rotatable bonds is 0.